The Balaban J connectivity index is 3.05. The highest BCUT2D eigenvalue weighted by Crippen LogP contribution is 2.44. The van der Waals surface area contributed by atoms with Crippen LogP contribution in [0.4, 0.5) is 0 Å². The van der Waals surface area contributed by atoms with E-state index in [4.69, 9.17) is 15.2 Å². The predicted octanol–water partition coefficient (Wildman–Crippen LogP) is 1.30. The van der Waals surface area contributed by atoms with E-state index in [9.17, 15) is 5.11 Å². The van der Waals surface area contributed by atoms with E-state index in [2.05, 4.69) is 20.8 Å². The van der Waals surface area contributed by atoms with Gasteiger partial charge in [-0.05, 0) is 19.3 Å². The van der Waals surface area contributed by atoms with E-state index in [1.165, 1.54) is 0 Å². The van der Waals surface area contributed by atoms with Gasteiger partial charge in [0.2, 0.25) is 0 Å². The number of rotatable bonds is 2. The van der Waals surface area contributed by atoms with E-state index in [1.54, 1.807) is 7.11 Å². The maximum atomic E-state index is 10.7. The predicted molar refractivity (Wildman–Crippen MR) is 67.8 cm³/mol. The molecule has 0 aromatic carbocycles. The minimum atomic E-state index is -1.14. The van der Waals surface area contributed by atoms with Gasteiger partial charge in [-0.15, -0.1) is 0 Å². The van der Waals surface area contributed by atoms with Crippen molar-refractivity contribution < 1.29 is 14.6 Å². The van der Waals surface area contributed by atoms with Gasteiger partial charge in [-0.3, -0.25) is 0 Å². The first-order valence-corrected chi connectivity index (χ1v) is 6.24. The fourth-order valence-electron chi connectivity index (χ4n) is 2.52. The first-order chi connectivity index (χ1) is 7.60. The van der Waals surface area contributed by atoms with Gasteiger partial charge < -0.3 is 20.3 Å². The molecule has 1 rings (SSSR count). The molecule has 0 saturated carbocycles. The first-order valence-electron chi connectivity index (χ1n) is 6.24. The van der Waals surface area contributed by atoms with Crippen molar-refractivity contribution >= 4 is 0 Å². The van der Waals surface area contributed by atoms with Crippen LogP contribution in [-0.2, 0) is 9.47 Å². The van der Waals surface area contributed by atoms with Crippen LogP contribution in [0.5, 0.6) is 0 Å². The SMILES string of the molecule is COC1(C)CC(C(C)(C)C)OC(C)C1(O)CN. The van der Waals surface area contributed by atoms with E-state index in [1.807, 2.05) is 13.8 Å². The quantitative estimate of drug-likeness (QED) is 0.770. The lowest BCUT2D eigenvalue weighted by Crippen LogP contribution is -2.70. The summed E-state index contributed by atoms with van der Waals surface area (Å²) in [6, 6.07) is 0. The van der Waals surface area contributed by atoms with Crippen LogP contribution in [-0.4, -0.2) is 42.2 Å². The van der Waals surface area contributed by atoms with Gasteiger partial charge in [-0.1, -0.05) is 20.8 Å². The molecule has 3 N–H and O–H groups in total. The maximum absolute atomic E-state index is 10.7. The summed E-state index contributed by atoms with van der Waals surface area (Å²) in [6.07, 6.45) is 0.357. The Labute approximate surface area is 104 Å². The van der Waals surface area contributed by atoms with Gasteiger partial charge in [0.15, 0.2) is 0 Å². The molecule has 0 spiro atoms. The van der Waals surface area contributed by atoms with Gasteiger partial charge in [0, 0.05) is 20.1 Å². The lowest BCUT2D eigenvalue weighted by atomic mass is 9.70. The molecule has 1 heterocycles. The molecule has 0 bridgehead atoms. The molecule has 0 aromatic heterocycles. The van der Waals surface area contributed by atoms with Crippen molar-refractivity contribution in [1.82, 2.24) is 0 Å². The number of ether oxygens (including phenoxy) is 2. The minimum Gasteiger partial charge on any atom is -0.383 e. The molecule has 4 unspecified atom stereocenters. The van der Waals surface area contributed by atoms with Gasteiger partial charge >= 0.3 is 0 Å². The first kappa shape index (κ1) is 14.9. The van der Waals surface area contributed by atoms with Gasteiger partial charge in [-0.2, -0.15) is 0 Å². The molecule has 1 fully saturated rings. The summed E-state index contributed by atoms with van der Waals surface area (Å²) in [5, 5.41) is 10.7. The normalized spacial score (nSPS) is 43.8. The molecule has 0 radical (unpaired) electrons. The van der Waals surface area contributed by atoms with Crippen LogP contribution in [0.2, 0.25) is 0 Å². The molecule has 0 amide bonds. The lowest BCUT2D eigenvalue weighted by Gasteiger charge is -2.54. The van der Waals surface area contributed by atoms with Crippen molar-refractivity contribution in [3.63, 3.8) is 0 Å². The van der Waals surface area contributed by atoms with Crippen LogP contribution in [0.15, 0.2) is 0 Å². The Morgan fingerprint density at radius 3 is 2.35 bits per heavy atom. The third-order valence-electron chi connectivity index (χ3n) is 4.26. The summed E-state index contributed by atoms with van der Waals surface area (Å²) in [4.78, 5) is 0. The van der Waals surface area contributed by atoms with Crippen molar-refractivity contribution in [1.29, 1.82) is 0 Å². The van der Waals surface area contributed by atoms with Crippen molar-refractivity contribution in [3.05, 3.63) is 0 Å². The van der Waals surface area contributed by atoms with Crippen LogP contribution in [0.3, 0.4) is 0 Å². The molecular formula is C13H27NO3. The maximum Gasteiger partial charge on any atom is 0.131 e. The van der Waals surface area contributed by atoms with Crippen molar-refractivity contribution in [3.8, 4) is 0 Å². The Bertz CT molecular complexity index is 276. The van der Waals surface area contributed by atoms with Crippen LogP contribution in [0, 0.1) is 5.41 Å². The van der Waals surface area contributed by atoms with Crippen molar-refractivity contribution in [2.75, 3.05) is 13.7 Å². The van der Waals surface area contributed by atoms with E-state index in [-0.39, 0.29) is 24.2 Å². The average molecular weight is 245 g/mol. The summed E-state index contributed by atoms with van der Waals surface area (Å²) in [7, 11) is 1.62. The topological polar surface area (TPSA) is 64.7 Å². The fraction of sp³-hybridized carbons (Fsp3) is 1.00. The molecule has 4 heteroatoms. The van der Waals surface area contributed by atoms with Crippen molar-refractivity contribution in [2.45, 2.75) is 64.4 Å². The molecule has 0 aromatic rings. The summed E-state index contributed by atoms with van der Waals surface area (Å²) >= 11 is 0. The molecule has 1 aliphatic heterocycles. The van der Waals surface area contributed by atoms with Crippen LogP contribution in [0.25, 0.3) is 0 Å². The molecule has 1 saturated heterocycles. The Kier molecular flexibility index (Phi) is 3.94. The Morgan fingerprint density at radius 1 is 1.47 bits per heavy atom. The average Bonchev–Trinajstić information content (AvgIpc) is 2.23. The number of methoxy groups -OCH3 is 1. The summed E-state index contributed by atoms with van der Waals surface area (Å²) in [5.74, 6) is 0. The minimum absolute atomic E-state index is 0.0178. The summed E-state index contributed by atoms with van der Waals surface area (Å²) in [6.45, 7) is 10.3. The highest BCUT2D eigenvalue weighted by atomic mass is 16.6. The zero-order valence-electron chi connectivity index (χ0n) is 11.9. The second-order valence-electron chi connectivity index (χ2n) is 6.40. The standard InChI is InChI=1S/C13H27NO3/c1-9-13(15,8-14)12(5,16-6)7-10(17-9)11(2,3)4/h9-10,15H,7-8,14H2,1-6H3. The largest absolute Gasteiger partial charge is 0.383 e. The monoisotopic (exact) mass is 245 g/mol. The third-order valence-corrected chi connectivity index (χ3v) is 4.26. The van der Waals surface area contributed by atoms with Crippen LogP contribution in [0.1, 0.15) is 41.0 Å². The van der Waals surface area contributed by atoms with E-state index in [0.717, 1.165) is 0 Å². The van der Waals surface area contributed by atoms with E-state index in [0.29, 0.717) is 6.42 Å². The van der Waals surface area contributed by atoms with E-state index >= 15 is 0 Å². The van der Waals surface area contributed by atoms with Crippen LogP contribution >= 0.6 is 0 Å². The molecule has 4 atom stereocenters. The van der Waals surface area contributed by atoms with Crippen LogP contribution < -0.4 is 5.73 Å². The van der Waals surface area contributed by atoms with Gasteiger partial charge in [-0.25, -0.2) is 0 Å². The second-order valence-corrected chi connectivity index (χ2v) is 6.40. The fourth-order valence-corrected chi connectivity index (χ4v) is 2.52. The summed E-state index contributed by atoms with van der Waals surface area (Å²) < 4.78 is 11.5. The Morgan fingerprint density at radius 2 is 2.00 bits per heavy atom. The molecular weight excluding hydrogens is 218 g/mol. The molecule has 0 aliphatic carbocycles. The van der Waals surface area contributed by atoms with Gasteiger partial charge in [0.05, 0.1) is 17.8 Å². The lowest BCUT2D eigenvalue weighted by molar-refractivity contribution is -0.280. The van der Waals surface area contributed by atoms with Crippen molar-refractivity contribution in [2.24, 2.45) is 11.1 Å². The highest BCUT2D eigenvalue weighted by molar-refractivity contribution is 5.08. The third kappa shape index (κ3) is 2.36. The number of aliphatic hydroxyl groups is 1. The molecule has 4 nitrogen and oxygen atoms in total. The number of hydrogen-bond acceptors (Lipinski definition) is 4. The zero-order chi connectivity index (χ0) is 13.5. The van der Waals surface area contributed by atoms with E-state index < -0.39 is 11.2 Å². The number of nitrogens with two attached hydrogens (primary N) is 1. The highest BCUT2D eigenvalue weighted by Gasteiger charge is 2.57. The number of hydrogen-bond donors (Lipinski definition) is 2. The molecule has 1 aliphatic rings. The second kappa shape index (κ2) is 4.50. The smallest absolute Gasteiger partial charge is 0.131 e. The Hall–Kier alpha value is -0.160. The van der Waals surface area contributed by atoms with Gasteiger partial charge in [0.25, 0.3) is 0 Å². The van der Waals surface area contributed by atoms with Gasteiger partial charge in [0.1, 0.15) is 5.60 Å². The zero-order valence-corrected chi connectivity index (χ0v) is 11.9. The summed E-state index contributed by atoms with van der Waals surface area (Å²) in [5.41, 5.74) is 3.94. The molecule has 17 heavy (non-hydrogen) atoms. The molecule has 102 valence electrons.